The monoisotopic (exact) mass is 275 g/mol. The van der Waals surface area contributed by atoms with Crippen LogP contribution in [0.2, 0.25) is 0 Å². The number of carbonyl (C=O) groups excluding carboxylic acids is 1. The van der Waals surface area contributed by atoms with Crippen molar-refractivity contribution in [3.63, 3.8) is 0 Å². The van der Waals surface area contributed by atoms with E-state index in [1.807, 2.05) is 13.8 Å². The Morgan fingerprint density at radius 2 is 2.33 bits per heavy atom. The second kappa shape index (κ2) is 5.32. The summed E-state index contributed by atoms with van der Waals surface area (Å²) in [5, 5.41) is 8.80. The molecule has 1 amide bonds. The van der Waals surface area contributed by atoms with Crippen molar-refractivity contribution in [1.82, 2.24) is 4.90 Å². The number of halogens is 1. The standard InChI is InChI=1S/C10H14BrNO3/c1-3-12(4-5-13)10(14)9-7(2)6-8(11)15-9/h6,13H,3-5H2,1-2H3. The van der Waals surface area contributed by atoms with Crippen molar-refractivity contribution in [3.8, 4) is 0 Å². The average molecular weight is 276 g/mol. The number of furan rings is 1. The molecule has 0 bridgehead atoms. The van der Waals surface area contributed by atoms with Crippen molar-refractivity contribution < 1.29 is 14.3 Å². The largest absolute Gasteiger partial charge is 0.444 e. The molecule has 0 spiro atoms. The van der Waals surface area contributed by atoms with E-state index < -0.39 is 0 Å². The van der Waals surface area contributed by atoms with E-state index in [0.29, 0.717) is 23.5 Å². The van der Waals surface area contributed by atoms with E-state index in [1.165, 1.54) is 4.90 Å². The van der Waals surface area contributed by atoms with Crippen LogP contribution in [0.25, 0.3) is 0 Å². The zero-order valence-electron chi connectivity index (χ0n) is 8.79. The van der Waals surface area contributed by atoms with Gasteiger partial charge in [-0.2, -0.15) is 0 Å². The highest BCUT2D eigenvalue weighted by molar-refractivity contribution is 9.10. The molecule has 1 aromatic heterocycles. The van der Waals surface area contributed by atoms with Gasteiger partial charge in [0.05, 0.1) is 6.61 Å². The first-order valence-electron chi connectivity index (χ1n) is 4.76. The van der Waals surface area contributed by atoms with E-state index in [1.54, 1.807) is 6.07 Å². The number of nitrogens with zero attached hydrogens (tertiary/aromatic N) is 1. The number of hydrogen-bond donors (Lipinski definition) is 1. The van der Waals surface area contributed by atoms with Gasteiger partial charge in [0.25, 0.3) is 5.91 Å². The maximum Gasteiger partial charge on any atom is 0.289 e. The first-order chi connectivity index (χ1) is 7.10. The quantitative estimate of drug-likeness (QED) is 0.912. The lowest BCUT2D eigenvalue weighted by Gasteiger charge is -2.18. The summed E-state index contributed by atoms with van der Waals surface area (Å²) in [6.45, 7) is 4.51. The van der Waals surface area contributed by atoms with Gasteiger partial charge in [-0.25, -0.2) is 0 Å². The highest BCUT2D eigenvalue weighted by Crippen LogP contribution is 2.20. The molecule has 0 aliphatic carbocycles. The van der Waals surface area contributed by atoms with Gasteiger partial charge in [0, 0.05) is 18.7 Å². The number of aliphatic hydroxyl groups is 1. The van der Waals surface area contributed by atoms with Crippen molar-refractivity contribution >= 4 is 21.8 Å². The maximum absolute atomic E-state index is 11.9. The van der Waals surface area contributed by atoms with Crippen LogP contribution < -0.4 is 0 Å². The second-order valence-electron chi connectivity index (χ2n) is 3.17. The molecule has 1 rings (SSSR count). The molecule has 0 radical (unpaired) electrons. The van der Waals surface area contributed by atoms with Gasteiger partial charge in [0.15, 0.2) is 10.4 Å². The first kappa shape index (κ1) is 12.3. The van der Waals surface area contributed by atoms with E-state index in [-0.39, 0.29) is 12.5 Å². The normalized spacial score (nSPS) is 10.4. The topological polar surface area (TPSA) is 53.7 Å². The number of rotatable bonds is 4. The molecule has 84 valence electrons. The van der Waals surface area contributed by atoms with Gasteiger partial charge < -0.3 is 14.4 Å². The van der Waals surface area contributed by atoms with Gasteiger partial charge in [0.2, 0.25) is 0 Å². The molecule has 1 N–H and O–H groups in total. The van der Waals surface area contributed by atoms with E-state index in [4.69, 9.17) is 9.52 Å². The summed E-state index contributed by atoms with van der Waals surface area (Å²) >= 11 is 3.17. The lowest BCUT2D eigenvalue weighted by atomic mass is 10.2. The van der Waals surface area contributed by atoms with Gasteiger partial charge in [-0.3, -0.25) is 4.79 Å². The van der Waals surface area contributed by atoms with Gasteiger partial charge in [0.1, 0.15) is 0 Å². The smallest absolute Gasteiger partial charge is 0.289 e. The minimum Gasteiger partial charge on any atom is -0.444 e. The van der Waals surface area contributed by atoms with Gasteiger partial charge >= 0.3 is 0 Å². The molecular formula is C10H14BrNO3. The molecule has 0 unspecified atom stereocenters. The highest BCUT2D eigenvalue weighted by Gasteiger charge is 2.20. The molecule has 0 aliphatic rings. The van der Waals surface area contributed by atoms with Crippen LogP contribution in [0.4, 0.5) is 0 Å². The molecule has 4 nitrogen and oxygen atoms in total. The fourth-order valence-electron chi connectivity index (χ4n) is 1.32. The second-order valence-corrected chi connectivity index (χ2v) is 3.95. The molecule has 5 heteroatoms. The van der Waals surface area contributed by atoms with Crippen molar-refractivity contribution in [2.45, 2.75) is 13.8 Å². The number of likely N-dealkylation sites (N-methyl/N-ethyl adjacent to an activating group) is 1. The van der Waals surface area contributed by atoms with Crippen molar-refractivity contribution in [2.75, 3.05) is 19.7 Å². The number of carbonyl (C=O) groups is 1. The molecule has 0 aromatic carbocycles. The molecule has 0 atom stereocenters. The minimum atomic E-state index is -0.185. The lowest BCUT2D eigenvalue weighted by Crippen LogP contribution is -2.33. The van der Waals surface area contributed by atoms with Crippen molar-refractivity contribution in [1.29, 1.82) is 0 Å². The molecule has 0 aliphatic heterocycles. The van der Waals surface area contributed by atoms with Gasteiger partial charge in [-0.1, -0.05) is 0 Å². The Morgan fingerprint density at radius 1 is 1.67 bits per heavy atom. The summed E-state index contributed by atoms with van der Waals surface area (Å²) in [6.07, 6.45) is 0. The van der Waals surface area contributed by atoms with Crippen molar-refractivity contribution in [2.24, 2.45) is 0 Å². The zero-order chi connectivity index (χ0) is 11.4. The summed E-state index contributed by atoms with van der Waals surface area (Å²) in [5.41, 5.74) is 0.795. The molecule has 0 fully saturated rings. The molecule has 15 heavy (non-hydrogen) atoms. The Hall–Kier alpha value is -0.810. The Morgan fingerprint density at radius 3 is 2.73 bits per heavy atom. The van der Waals surface area contributed by atoms with Crippen LogP contribution in [0, 0.1) is 6.92 Å². The summed E-state index contributed by atoms with van der Waals surface area (Å²) in [6, 6.07) is 1.75. The Bertz CT molecular complexity index is 348. The number of aryl methyl sites for hydroxylation is 1. The molecule has 1 aromatic rings. The fourth-order valence-corrected chi connectivity index (χ4v) is 1.83. The SMILES string of the molecule is CCN(CCO)C(=O)c1oc(Br)cc1C. The summed E-state index contributed by atoms with van der Waals surface area (Å²) in [5.74, 6) is 0.145. The summed E-state index contributed by atoms with van der Waals surface area (Å²) < 4.78 is 5.79. The van der Waals surface area contributed by atoms with Crippen LogP contribution in [0.5, 0.6) is 0 Å². The van der Waals surface area contributed by atoms with Crippen LogP contribution >= 0.6 is 15.9 Å². The van der Waals surface area contributed by atoms with E-state index in [2.05, 4.69) is 15.9 Å². The maximum atomic E-state index is 11.9. The number of aliphatic hydroxyl groups excluding tert-OH is 1. The highest BCUT2D eigenvalue weighted by atomic mass is 79.9. The average Bonchev–Trinajstić information content (AvgIpc) is 2.53. The fraction of sp³-hybridized carbons (Fsp3) is 0.500. The predicted octanol–water partition coefficient (Wildman–Crippen LogP) is 1.80. The van der Waals surface area contributed by atoms with Crippen LogP contribution in [-0.4, -0.2) is 35.6 Å². The Balaban J connectivity index is 2.87. The molecule has 1 heterocycles. The third-order valence-electron chi connectivity index (χ3n) is 2.12. The third kappa shape index (κ3) is 2.82. The van der Waals surface area contributed by atoms with Crippen LogP contribution in [0.3, 0.4) is 0 Å². The third-order valence-corrected chi connectivity index (χ3v) is 2.51. The predicted molar refractivity (Wildman–Crippen MR) is 59.8 cm³/mol. The van der Waals surface area contributed by atoms with Crippen molar-refractivity contribution in [3.05, 3.63) is 22.1 Å². The first-order valence-corrected chi connectivity index (χ1v) is 5.55. The van der Waals surface area contributed by atoms with Gasteiger partial charge in [-0.15, -0.1) is 0 Å². The van der Waals surface area contributed by atoms with Crippen LogP contribution in [0.15, 0.2) is 15.2 Å². The molecule has 0 saturated heterocycles. The number of hydrogen-bond acceptors (Lipinski definition) is 3. The minimum absolute atomic E-state index is 0.0412. The van der Waals surface area contributed by atoms with E-state index in [9.17, 15) is 4.79 Å². The van der Waals surface area contributed by atoms with Gasteiger partial charge in [-0.05, 0) is 35.8 Å². The lowest BCUT2D eigenvalue weighted by molar-refractivity contribution is 0.0698. The van der Waals surface area contributed by atoms with Crippen LogP contribution in [0.1, 0.15) is 23.0 Å². The Kier molecular flexibility index (Phi) is 4.35. The Labute approximate surface area is 97.0 Å². The molecular weight excluding hydrogens is 262 g/mol. The summed E-state index contributed by atoms with van der Waals surface area (Å²) in [4.78, 5) is 13.4. The number of amides is 1. The zero-order valence-corrected chi connectivity index (χ0v) is 10.4. The summed E-state index contributed by atoms with van der Waals surface area (Å²) in [7, 11) is 0. The van der Waals surface area contributed by atoms with E-state index in [0.717, 1.165) is 5.56 Å². The molecule has 0 saturated carbocycles. The van der Waals surface area contributed by atoms with E-state index >= 15 is 0 Å². The van der Waals surface area contributed by atoms with Crippen LogP contribution in [-0.2, 0) is 0 Å².